The van der Waals surface area contributed by atoms with Crippen molar-refractivity contribution in [2.24, 2.45) is 0 Å². The van der Waals surface area contributed by atoms with Gasteiger partial charge >= 0.3 is 0 Å². The number of hydrogen-bond acceptors (Lipinski definition) is 3. The normalized spacial score (nSPS) is 31.2. The smallest absolute Gasteiger partial charge is 0.134 e. The third kappa shape index (κ3) is 3.05. The molecule has 0 radical (unpaired) electrons. The minimum Gasteiger partial charge on any atom is -0.377 e. The first kappa shape index (κ1) is 12.1. The summed E-state index contributed by atoms with van der Waals surface area (Å²) in [6.45, 7) is 5.17. The highest BCUT2D eigenvalue weighted by atomic mass is 16.5. The molecular formula is C13H23NO2. The Morgan fingerprint density at radius 2 is 2.25 bits per heavy atom. The van der Waals surface area contributed by atoms with Crippen LogP contribution in [0.3, 0.4) is 0 Å². The average Bonchev–Trinajstić information content (AvgIpc) is 2.78. The number of nitrogens with zero attached hydrogens (tertiary/aromatic N) is 1. The first-order valence-corrected chi connectivity index (χ1v) is 6.67. The van der Waals surface area contributed by atoms with Crippen molar-refractivity contribution in [2.45, 2.75) is 57.6 Å². The largest absolute Gasteiger partial charge is 0.377 e. The van der Waals surface area contributed by atoms with Crippen LogP contribution in [-0.2, 0) is 9.53 Å². The molecule has 3 nitrogen and oxygen atoms in total. The lowest BCUT2D eigenvalue weighted by Gasteiger charge is -2.34. The van der Waals surface area contributed by atoms with E-state index in [0.29, 0.717) is 17.9 Å². The van der Waals surface area contributed by atoms with Crippen molar-refractivity contribution in [1.29, 1.82) is 0 Å². The molecule has 92 valence electrons. The molecule has 2 rings (SSSR count). The van der Waals surface area contributed by atoms with Gasteiger partial charge in [0.25, 0.3) is 0 Å². The number of hydrogen-bond donors (Lipinski definition) is 0. The second-order valence-corrected chi connectivity index (χ2v) is 5.01. The van der Waals surface area contributed by atoms with Gasteiger partial charge in [0.15, 0.2) is 0 Å². The van der Waals surface area contributed by atoms with Crippen LogP contribution >= 0.6 is 0 Å². The van der Waals surface area contributed by atoms with Crippen LogP contribution in [0.1, 0.15) is 45.4 Å². The molecule has 0 N–H and O–H groups in total. The average molecular weight is 225 g/mol. The van der Waals surface area contributed by atoms with Crippen molar-refractivity contribution >= 4 is 5.78 Å². The Kier molecular flexibility index (Phi) is 4.36. The van der Waals surface area contributed by atoms with Gasteiger partial charge in [-0.1, -0.05) is 6.92 Å². The Bertz CT molecular complexity index is 236. The summed E-state index contributed by atoms with van der Waals surface area (Å²) in [5.74, 6) is 0.446. The molecule has 0 spiro atoms. The number of likely N-dealkylation sites (N-methyl/N-ethyl adjacent to an activating group) is 1. The number of rotatable bonds is 4. The van der Waals surface area contributed by atoms with Crippen LogP contribution in [0.5, 0.6) is 0 Å². The predicted molar refractivity (Wildman–Crippen MR) is 63.5 cm³/mol. The molecule has 1 saturated heterocycles. The molecule has 0 aromatic carbocycles. The topological polar surface area (TPSA) is 29.5 Å². The van der Waals surface area contributed by atoms with Gasteiger partial charge in [0.2, 0.25) is 0 Å². The molecule has 2 aliphatic rings. The van der Waals surface area contributed by atoms with Gasteiger partial charge in [0.05, 0.1) is 6.10 Å². The molecule has 0 amide bonds. The van der Waals surface area contributed by atoms with Crippen LogP contribution < -0.4 is 0 Å². The SMILES string of the molecule is CCN(CC1CCCO1)C1CCCC(=O)C1. The predicted octanol–water partition coefficient (Wildman–Crippen LogP) is 2.00. The summed E-state index contributed by atoms with van der Waals surface area (Å²) in [4.78, 5) is 13.9. The van der Waals surface area contributed by atoms with E-state index < -0.39 is 0 Å². The van der Waals surface area contributed by atoms with Crippen molar-refractivity contribution in [3.63, 3.8) is 0 Å². The maximum atomic E-state index is 11.5. The number of Topliss-reactive ketones (excluding diaryl/α,β-unsaturated/α-hetero) is 1. The molecule has 0 aromatic rings. The van der Waals surface area contributed by atoms with Crippen LogP contribution in [0.4, 0.5) is 0 Å². The minimum absolute atomic E-state index is 0.414. The van der Waals surface area contributed by atoms with Crippen LogP contribution in [-0.4, -0.2) is 42.5 Å². The maximum Gasteiger partial charge on any atom is 0.134 e. The quantitative estimate of drug-likeness (QED) is 0.733. The summed E-state index contributed by atoms with van der Waals surface area (Å²) in [5.41, 5.74) is 0. The molecule has 1 aliphatic carbocycles. The fourth-order valence-corrected chi connectivity index (χ4v) is 2.90. The van der Waals surface area contributed by atoms with Gasteiger partial charge in [-0.15, -0.1) is 0 Å². The van der Waals surface area contributed by atoms with Crippen molar-refractivity contribution in [1.82, 2.24) is 4.90 Å². The van der Waals surface area contributed by atoms with Gasteiger partial charge < -0.3 is 4.74 Å². The maximum absolute atomic E-state index is 11.5. The molecule has 1 saturated carbocycles. The lowest BCUT2D eigenvalue weighted by Crippen LogP contribution is -2.42. The molecule has 2 atom stereocenters. The first-order valence-electron chi connectivity index (χ1n) is 6.67. The highest BCUT2D eigenvalue weighted by molar-refractivity contribution is 5.79. The van der Waals surface area contributed by atoms with Crippen LogP contribution in [0, 0.1) is 0 Å². The van der Waals surface area contributed by atoms with E-state index in [4.69, 9.17) is 4.74 Å². The monoisotopic (exact) mass is 225 g/mol. The molecule has 1 aliphatic heterocycles. The van der Waals surface area contributed by atoms with Gasteiger partial charge in [-0.2, -0.15) is 0 Å². The second kappa shape index (κ2) is 5.78. The Hall–Kier alpha value is -0.410. The highest BCUT2D eigenvalue weighted by Gasteiger charge is 2.27. The number of carbonyl (C=O) groups is 1. The van der Waals surface area contributed by atoms with E-state index in [1.807, 2.05) is 0 Å². The third-order valence-corrected chi connectivity index (χ3v) is 3.84. The van der Waals surface area contributed by atoms with Crippen molar-refractivity contribution in [3.05, 3.63) is 0 Å². The van der Waals surface area contributed by atoms with E-state index in [2.05, 4.69) is 11.8 Å². The third-order valence-electron chi connectivity index (χ3n) is 3.84. The van der Waals surface area contributed by atoms with E-state index in [9.17, 15) is 4.79 Å². The zero-order chi connectivity index (χ0) is 11.4. The molecule has 1 heterocycles. The molecular weight excluding hydrogens is 202 g/mol. The Balaban J connectivity index is 1.85. The van der Waals surface area contributed by atoms with Crippen LogP contribution in [0.25, 0.3) is 0 Å². The highest BCUT2D eigenvalue weighted by Crippen LogP contribution is 2.22. The van der Waals surface area contributed by atoms with E-state index >= 15 is 0 Å². The summed E-state index contributed by atoms with van der Waals surface area (Å²) in [6, 6.07) is 0.482. The fraction of sp³-hybridized carbons (Fsp3) is 0.923. The van der Waals surface area contributed by atoms with Gasteiger partial charge in [-0.05, 0) is 32.2 Å². The van der Waals surface area contributed by atoms with Crippen LogP contribution in [0.15, 0.2) is 0 Å². The Morgan fingerprint density at radius 1 is 1.38 bits per heavy atom. The molecule has 2 unspecified atom stereocenters. The van der Waals surface area contributed by atoms with Gasteiger partial charge in [0.1, 0.15) is 5.78 Å². The lowest BCUT2D eigenvalue weighted by atomic mass is 9.93. The van der Waals surface area contributed by atoms with Crippen molar-refractivity contribution < 1.29 is 9.53 Å². The minimum atomic E-state index is 0.414. The van der Waals surface area contributed by atoms with Crippen molar-refractivity contribution in [3.8, 4) is 0 Å². The van der Waals surface area contributed by atoms with E-state index in [0.717, 1.165) is 39.0 Å². The van der Waals surface area contributed by atoms with Gasteiger partial charge in [-0.3, -0.25) is 9.69 Å². The molecule has 16 heavy (non-hydrogen) atoms. The van der Waals surface area contributed by atoms with Gasteiger partial charge in [-0.25, -0.2) is 0 Å². The summed E-state index contributed by atoms with van der Waals surface area (Å²) in [6.07, 6.45) is 6.63. The van der Waals surface area contributed by atoms with Crippen molar-refractivity contribution in [2.75, 3.05) is 19.7 Å². The van der Waals surface area contributed by atoms with E-state index in [1.54, 1.807) is 0 Å². The summed E-state index contributed by atoms with van der Waals surface area (Å²) in [7, 11) is 0. The second-order valence-electron chi connectivity index (χ2n) is 5.01. The Morgan fingerprint density at radius 3 is 2.88 bits per heavy atom. The molecule has 0 aromatic heterocycles. The first-order chi connectivity index (χ1) is 7.79. The number of ketones is 1. The summed E-state index contributed by atoms with van der Waals surface area (Å²) in [5, 5.41) is 0. The van der Waals surface area contributed by atoms with E-state index in [1.165, 1.54) is 19.3 Å². The number of ether oxygens (including phenoxy) is 1. The molecule has 0 bridgehead atoms. The van der Waals surface area contributed by atoms with E-state index in [-0.39, 0.29) is 0 Å². The fourth-order valence-electron chi connectivity index (χ4n) is 2.90. The summed E-state index contributed by atoms with van der Waals surface area (Å²) >= 11 is 0. The zero-order valence-corrected chi connectivity index (χ0v) is 10.3. The number of carbonyl (C=O) groups excluding carboxylic acids is 1. The zero-order valence-electron chi connectivity index (χ0n) is 10.3. The van der Waals surface area contributed by atoms with Crippen LogP contribution in [0.2, 0.25) is 0 Å². The standard InChI is InChI=1S/C13H23NO2/c1-2-14(10-13-7-4-8-16-13)11-5-3-6-12(15)9-11/h11,13H,2-10H2,1H3. The van der Waals surface area contributed by atoms with Gasteiger partial charge in [0, 0.05) is 32.0 Å². The molecule has 3 heteroatoms. The summed E-state index contributed by atoms with van der Waals surface area (Å²) < 4.78 is 5.68. The lowest BCUT2D eigenvalue weighted by molar-refractivity contribution is -0.122. The Labute approximate surface area is 98.1 Å². The molecule has 2 fully saturated rings.